The predicted octanol–water partition coefficient (Wildman–Crippen LogP) is 2.26. The first-order valence-electron chi connectivity index (χ1n) is 8.65. The van der Waals surface area contributed by atoms with Gasteiger partial charge < -0.3 is 5.32 Å². The number of aryl methyl sites for hydroxylation is 1. The van der Waals surface area contributed by atoms with Crippen LogP contribution >= 0.6 is 0 Å². The van der Waals surface area contributed by atoms with Crippen LogP contribution in [0.25, 0.3) is 0 Å². The van der Waals surface area contributed by atoms with Gasteiger partial charge in [0.05, 0.1) is 4.90 Å². The van der Waals surface area contributed by atoms with Crippen LogP contribution < -0.4 is 9.88 Å². The van der Waals surface area contributed by atoms with E-state index < -0.39 is 10.0 Å². The first kappa shape index (κ1) is 20.1. The molecule has 0 spiro atoms. The molecule has 0 atom stereocenters. The summed E-state index contributed by atoms with van der Waals surface area (Å²) >= 11 is 0. The molecule has 0 saturated carbocycles. The number of hydrogen-bond acceptors (Lipinski definition) is 3. The molecule has 7 heteroatoms. The number of pyridine rings is 1. The maximum atomic E-state index is 12.5. The highest BCUT2D eigenvalue weighted by molar-refractivity contribution is 7.89. The second kappa shape index (κ2) is 8.42. The largest absolute Gasteiger partial charge is 0.321 e. The summed E-state index contributed by atoms with van der Waals surface area (Å²) in [6.07, 6.45) is 1.86. The molecule has 0 unspecified atom stereocenters. The minimum Gasteiger partial charge on any atom is -0.321 e. The molecule has 26 heavy (non-hydrogen) atoms. The monoisotopic (exact) mass is 376 g/mol. The van der Waals surface area contributed by atoms with Gasteiger partial charge in [0.15, 0.2) is 11.9 Å². The van der Waals surface area contributed by atoms with Crippen LogP contribution in [-0.4, -0.2) is 31.7 Å². The molecule has 1 aromatic carbocycles. The van der Waals surface area contributed by atoms with Crippen molar-refractivity contribution in [3.8, 4) is 0 Å². The third kappa shape index (κ3) is 4.47. The Morgan fingerprint density at radius 1 is 1.08 bits per heavy atom. The summed E-state index contributed by atoms with van der Waals surface area (Å²) in [6, 6.07) is 10.2. The summed E-state index contributed by atoms with van der Waals surface area (Å²) in [4.78, 5) is 12.5. The second-order valence-electron chi connectivity index (χ2n) is 6.07. The number of sulfonamides is 1. The van der Waals surface area contributed by atoms with E-state index in [1.54, 1.807) is 26.0 Å². The molecule has 1 N–H and O–H groups in total. The highest BCUT2D eigenvalue weighted by atomic mass is 32.2. The Labute approximate surface area is 155 Å². The van der Waals surface area contributed by atoms with Crippen molar-refractivity contribution in [2.75, 3.05) is 18.4 Å². The number of hydrogen-bond donors (Lipinski definition) is 1. The van der Waals surface area contributed by atoms with E-state index in [0.717, 1.165) is 11.3 Å². The zero-order valence-corrected chi connectivity index (χ0v) is 16.5. The van der Waals surface area contributed by atoms with Crippen molar-refractivity contribution < 1.29 is 17.8 Å². The number of aromatic nitrogens is 1. The second-order valence-corrected chi connectivity index (χ2v) is 8.00. The summed E-state index contributed by atoms with van der Waals surface area (Å²) in [7, 11) is -3.49. The molecule has 0 fully saturated rings. The topological polar surface area (TPSA) is 70.4 Å². The van der Waals surface area contributed by atoms with E-state index in [1.807, 2.05) is 36.7 Å². The van der Waals surface area contributed by atoms with E-state index in [-0.39, 0.29) is 17.3 Å². The molecule has 0 radical (unpaired) electrons. The molecule has 1 amide bonds. The van der Waals surface area contributed by atoms with Gasteiger partial charge in [-0.25, -0.2) is 8.42 Å². The van der Waals surface area contributed by atoms with Gasteiger partial charge in [0.1, 0.15) is 0 Å². The summed E-state index contributed by atoms with van der Waals surface area (Å²) in [5.41, 5.74) is 2.72. The van der Waals surface area contributed by atoms with Gasteiger partial charge in [0.25, 0.3) is 5.91 Å². The third-order valence-corrected chi connectivity index (χ3v) is 6.47. The Kier molecular flexibility index (Phi) is 6.50. The Bertz CT molecular complexity index is 873. The van der Waals surface area contributed by atoms with Gasteiger partial charge in [-0.1, -0.05) is 13.8 Å². The van der Waals surface area contributed by atoms with Crippen LogP contribution in [0.1, 0.15) is 25.1 Å². The van der Waals surface area contributed by atoms with Gasteiger partial charge in [-0.2, -0.15) is 8.87 Å². The summed E-state index contributed by atoms with van der Waals surface area (Å²) in [6.45, 7) is 8.62. The highest BCUT2D eigenvalue weighted by Gasteiger charge is 2.21. The molecule has 1 aromatic heterocycles. The average molecular weight is 377 g/mol. The van der Waals surface area contributed by atoms with E-state index in [9.17, 15) is 13.2 Å². The van der Waals surface area contributed by atoms with Crippen molar-refractivity contribution in [1.29, 1.82) is 0 Å². The van der Waals surface area contributed by atoms with Crippen molar-refractivity contribution >= 4 is 21.6 Å². The third-order valence-electron chi connectivity index (χ3n) is 4.41. The van der Waals surface area contributed by atoms with E-state index in [1.165, 1.54) is 16.4 Å². The zero-order chi connectivity index (χ0) is 19.3. The van der Waals surface area contributed by atoms with Gasteiger partial charge in [-0.3, -0.25) is 4.79 Å². The number of carbonyl (C=O) groups is 1. The Morgan fingerprint density at radius 3 is 2.27 bits per heavy atom. The lowest BCUT2D eigenvalue weighted by molar-refractivity contribution is -0.690. The molecule has 0 aliphatic carbocycles. The molecule has 0 saturated heterocycles. The fraction of sp³-hybridized carbons (Fsp3) is 0.368. The molecular formula is C19H26N3O3S+. The van der Waals surface area contributed by atoms with Gasteiger partial charge in [-0.15, -0.1) is 0 Å². The van der Waals surface area contributed by atoms with Gasteiger partial charge >= 0.3 is 0 Å². The number of amides is 1. The van der Waals surface area contributed by atoms with Crippen molar-refractivity contribution in [1.82, 2.24) is 4.31 Å². The van der Waals surface area contributed by atoms with Crippen molar-refractivity contribution in [2.45, 2.75) is 39.1 Å². The minimum atomic E-state index is -3.49. The van der Waals surface area contributed by atoms with Crippen LogP contribution in [0.4, 0.5) is 5.69 Å². The van der Waals surface area contributed by atoms with Gasteiger partial charge in [-0.05, 0) is 37.3 Å². The maximum Gasteiger partial charge on any atom is 0.290 e. The van der Waals surface area contributed by atoms with Crippen LogP contribution in [-0.2, 0) is 21.4 Å². The standard InChI is InChI=1S/C19H25N3O3S/c1-5-22(6-2)26(24,25)18-11-9-17(10-12-18)20-19(23)14-21-13-7-8-15(3)16(21)4/h7-13H,5-6,14H2,1-4H3/p+1. The molecular weight excluding hydrogens is 350 g/mol. The average Bonchev–Trinajstić information content (AvgIpc) is 2.60. The Balaban J connectivity index is 2.09. The van der Waals surface area contributed by atoms with Gasteiger partial charge in [0, 0.05) is 37.3 Å². The van der Waals surface area contributed by atoms with Crippen LogP contribution in [0.3, 0.4) is 0 Å². The summed E-state index contributed by atoms with van der Waals surface area (Å²) < 4.78 is 28.2. The quantitative estimate of drug-likeness (QED) is 0.754. The number of nitrogens with zero attached hydrogens (tertiary/aromatic N) is 2. The molecule has 140 valence electrons. The summed E-state index contributed by atoms with van der Waals surface area (Å²) in [5, 5.41) is 2.80. The van der Waals surface area contributed by atoms with Crippen molar-refractivity contribution in [3.63, 3.8) is 0 Å². The zero-order valence-electron chi connectivity index (χ0n) is 15.7. The van der Waals surface area contributed by atoms with Crippen LogP contribution in [0.2, 0.25) is 0 Å². The lowest BCUT2D eigenvalue weighted by Gasteiger charge is -2.18. The lowest BCUT2D eigenvalue weighted by Crippen LogP contribution is -2.43. The number of benzene rings is 1. The van der Waals surface area contributed by atoms with Crippen LogP contribution in [0, 0.1) is 13.8 Å². The molecule has 0 bridgehead atoms. The number of nitrogens with one attached hydrogen (secondary N) is 1. The van der Waals surface area contributed by atoms with E-state index in [0.29, 0.717) is 18.8 Å². The first-order chi connectivity index (χ1) is 12.3. The van der Waals surface area contributed by atoms with Crippen LogP contribution in [0.5, 0.6) is 0 Å². The Hall–Kier alpha value is -2.25. The van der Waals surface area contributed by atoms with E-state index in [4.69, 9.17) is 0 Å². The summed E-state index contributed by atoms with van der Waals surface area (Å²) in [5.74, 6) is -0.164. The number of carbonyl (C=O) groups excluding carboxylic acids is 1. The molecule has 0 aliphatic heterocycles. The first-order valence-corrected chi connectivity index (χ1v) is 10.1. The van der Waals surface area contributed by atoms with Crippen molar-refractivity contribution in [2.24, 2.45) is 0 Å². The molecule has 2 rings (SSSR count). The highest BCUT2D eigenvalue weighted by Crippen LogP contribution is 2.18. The van der Waals surface area contributed by atoms with E-state index >= 15 is 0 Å². The smallest absolute Gasteiger partial charge is 0.290 e. The lowest BCUT2D eigenvalue weighted by atomic mass is 10.2. The molecule has 6 nitrogen and oxygen atoms in total. The van der Waals surface area contributed by atoms with Gasteiger partial charge in [0.2, 0.25) is 16.6 Å². The fourth-order valence-electron chi connectivity index (χ4n) is 2.70. The minimum absolute atomic E-state index is 0.164. The van der Waals surface area contributed by atoms with Crippen molar-refractivity contribution in [3.05, 3.63) is 53.9 Å². The number of rotatable bonds is 7. The normalized spacial score (nSPS) is 11.6. The van der Waals surface area contributed by atoms with Crippen LogP contribution in [0.15, 0.2) is 47.5 Å². The molecule has 2 aromatic rings. The molecule has 1 heterocycles. The fourth-order valence-corrected chi connectivity index (χ4v) is 4.16. The Morgan fingerprint density at radius 2 is 1.69 bits per heavy atom. The number of anilines is 1. The molecule has 0 aliphatic rings. The maximum absolute atomic E-state index is 12.5. The van der Waals surface area contributed by atoms with E-state index in [2.05, 4.69) is 5.32 Å². The SMILES string of the molecule is CCN(CC)S(=O)(=O)c1ccc(NC(=O)C[n+]2cccc(C)c2C)cc1. The predicted molar refractivity (Wildman–Crippen MR) is 101 cm³/mol.